The van der Waals surface area contributed by atoms with Crippen LogP contribution in [0.1, 0.15) is 5.56 Å². The summed E-state index contributed by atoms with van der Waals surface area (Å²) < 4.78 is 0. The molecule has 0 atom stereocenters. The molecule has 0 amide bonds. The lowest BCUT2D eigenvalue weighted by molar-refractivity contribution is 1.65. The average Bonchev–Trinajstić information content (AvgIpc) is 2.03. The summed E-state index contributed by atoms with van der Waals surface area (Å²) in [6.07, 6.45) is 0. The maximum atomic E-state index is 3.25. The van der Waals surface area contributed by atoms with Crippen molar-refractivity contribution in [3.63, 3.8) is 0 Å². The van der Waals surface area contributed by atoms with Gasteiger partial charge in [0.05, 0.1) is 0 Å². The summed E-state index contributed by atoms with van der Waals surface area (Å²) in [6, 6.07) is 10.1. The summed E-state index contributed by atoms with van der Waals surface area (Å²) in [5, 5.41) is 0. The van der Waals surface area contributed by atoms with Crippen molar-refractivity contribution >= 4 is 14.1 Å². The molecule has 11 heavy (non-hydrogen) atoms. The molecule has 0 aromatic heterocycles. The fourth-order valence-electron chi connectivity index (χ4n) is 0.749. The Kier molecular flexibility index (Phi) is 3.24. The Labute approximate surface area is 72.6 Å². The number of hydrogen-bond acceptors (Lipinski definition) is 0. The molecular weight excluding hydrogens is 147 g/mol. The van der Waals surface area contributed by atoms with Gasteiger partial charge >= 0.3 is 14.1 Å². The molecule has 0 saturated carbocycles. The van der Waals surface area contributed by atoms with Crippen LogP contribution >= 0.6 is 0 Å². The first kappa shape index (κ1) is 8.41. The van der Waals surface area contributed by atoms with E-state index < -0.39 is 14.1 Å². The van der Waals surface area contributed by atoms with Gasteiger partial charge in [-0.3, -0.25) is 0 Å². The Bertz CT molecular complexity index is 264. The molecule has 0 aliphatic heterocycles. The Morgan fingerprint density at radius 1 is 1.09 bits per heavy atom. The lowest BCUT2D eigenvalue weighted by atomic mass is 10.2. The van der Waals surface area contributed by atoms with Gasteiger partial charge in [0.2, 0.25) is 0 Å². The Hall–Kier alpha value is -0.688. The minimum atomic E-state index is -0.701. The van der Waals surface area contributed by atoms with Gasteiger partial charge in [0.1, 0.15) is 0 Å². The van der Waals surface area contributed by atoms with Crippen LogP contribution in [0.2, 0.25) is 11.6 Å². The molecule has 0 heterocycles. The molecule has 54 valence electrons. The fourth-order valence-corrected chi connectivity index (χ4v) is 1.20. The number of hydrogen-bond donors (Lipinski definition) is 0. The summed E-state index contributed by atoms with van der Waals surface area (Å²) in [6.45, 7) is 0. The van der Waals surface area contributed by atoms with E-state index >= 15 is 0 Å². The van der Waals surface area contributed by atoms with E-state index in [0.717, 1.165) is 5.56 Å². The lowest BCUT2D eigenvalue weighted by Gasteiger charge is -1.86. The third-order valence-electron chi connectivity index (χ3n) is 1.28. The molecule has 1 aromatic carbocycles. The van der Waals surface area contributed by atoms with Crippen LogP contribution in [-0.2, 0) is 0 Å². The quantitative estimate of drug-likeness (QED) is 0.401. The van der Waals surface area contributed by atoms with Crippen LogP contribution in [0.15, 0.2) is 30.3 Å². The molecule has 0 aliphatic carbocycles. The van der Waals surface area contributed by atoms with Crippen LogP contribution in [0.25, 0.3) is 0 Å². The van der Waals surface area contributed by atoms with Crippen LogP contribution in [0, 0.1) is 10.7 Å². The molecule has 1 heteroatoms. The normalized spacial score (nSPS) is 8.18. The van der Waals surface area contributed by atoms with Crippen molar-refractivity contribution in [3.8, 4) is 10.7 Å². The largest absolute Gasteiger partial charge is 0.370 e. The molecule has 0 fully saturated rings. The summed E-state index contributed by atoms with van der Waals surface area (Å²) in [5.41, 5.74) is 1.13. The molecule has 0 bridgehead atoms. The SMILES string of the molecule is [CH3][Al]([CH3])[C]#Cc1ccccc1. The molecule has 1 aromatic rings. The third-order valence-corrected chi connectivity index (χ3v) is 2.00. The highest BCUT2D eigenvalue weighted by molar-refractivity contribution is 6.64. The van der Waals surface area contributed by atoms with Crippen molar-refractivity contribution in [2.45, 2.75) is 11.6 Å². The standard InChI is InChI=1S/C8H5.2CH3.Al/c1-2-8-6-4-3-5-7-8;;;/h3-7H;2*1H3;. The van der Waals surface area contributed by atoms with Crippen LogP contribution in [0.3, 0.4) is 0 Å². The third kappa shape index (κ3) is 3.28. The summed E-state index contributed by atoms with van der Waals surface area (Å²) in [4.78, 5) is 3.25. The van der Waals surface area contributed by atoms with Gasteiger partial charge in [-0.15, -0.1) is 0 Å². The van der Waals surface area contributed by atoms with Gasteiger partial charge in [0.25, 0.3) is 0 Å². The van der Waals surface area contributed by atoms with Crippen LogP contribution in [0.4, 0.5) is 0 Å². The summed E-state index contributed by atoms with van der Waals surface area (Å²) in [5.74, 6) is 7.62. The number of rotatable bonds is 0. The van der Waals surface area contributed by atoms with Crippen molar-refractivity contribution in [1.82, 2.24) is 0 Å². The van der Waals surface area contributed by atoms with Gasteiger partial charge in [-0.25, -0.2) is 4.78 Å². The van der Waals surface area contributed by atoms with Crippen molar-refractivity contribution in [1.29, 1.82) is 0 Å². The Balaban J connectivity index is 2.75. The van der Waals surface area contributed by atoms with E-state index in [2.05, 4.69) is 22.3 Å². The van der Waals surface area contributed by atoms with E-state index in [-0.39, 0.29) is 0 Å². The molecule has 0 N–H and O–H groups in total. The molecule has 0 radical (unpaired) electrons. The van der Waals surface area contributed by atoms with Gasteiger partial charge in [-0.05, 0) is 12.1 Å². The van der Waals surface area contributed by atoms with Gasteiger partial charge < -0.3 is 0 Å². The summed E-state index contributed by atoms with van der Waals surface area (Å²) in [7, 11) is 0. The molecule has 0 saturated heterocycles. The highest BCUT2D eigenvalue weighted by atomic mass is 27.2. The highest BCUT2D eigenvalue weighted by Gasteiger charge is 1.93. The lowest BCUT2D eigenvalue weighted by Crippen LogP contribution is -1.93. The zero-order valence-electron chi connectivity index (χ0n) is 6.96. The fraction of sp³-hybridized carbons (Fsp3) is 0.200. The zero-order valence-corrected chi connectivity index (χ0v) is 8.12. The van der Waals surface area contributed by atoms with Crippen molar-refractivity contribution < 1.29 is 0 Å². The van der Waals surface area contributed by atoms with Crippen molar-refractivity contribution in [2.75, 3.05) is 0 Å². The van der Waals surface area contributed by atoms with E-state index in [1.54, 1.807) is 0 Å². The van der Waals surface area contributed by atoms with E-state index in [1.807, 2.05) is 30.3 Å². The predicted molar refractivity (Wildman–Crippen MR) is 50.8 cm³/mol. The first-order valence-electron chi connectivity index (χ1n) is 3.85. The highest BCUT2D eigenvalue weighted by Crippen LogP contribution is 1.94. The topological polar surface area (TPSA) is 0 Å². The molecule has 0 nitrogen and oxygen atoms in total. The zero-order chi connectivity index (χ0) is 8.10. The molecular formula is C10H11Al. The molecule has 0 aliphatic rings. The van der Waals surface area contributed by atoms with Gasteiger partial charge in [0.15, 0.2) is 0 Å². The number of benzene rings is 1. The Morgan fingerprint density at radius 3 is 2.27 bits per heavy atom. The second kappa shape index (κ2) is 4.24. The first-order valence-corrected chi connectivity index (χ1v) is 6.74. The van der Waals surface area contributed by atoms with E-state index in [0.29, 0.717) is 0 Å². The second-order valence-corrected chi connectivity index (χ2v) is 5.39. The maximum absolute atomic E-state index is 3.25. The minimum absolute atomic E-state index is 0.701. The van der Waals surface area contributed by atoms with Crippen molar-refractivity contribution in [2.24, 2.45) is 0 Å². The smallest absolute Gasteiger partial charge is 0.200 e. The predicted octanol–water partition coefficient (Wildman–Crippen LogP) is 2.33. The summed E-state index contributed by atoms with van der Waals surface area (Å²) >= 11 is -0.701. The molecule has 0 spiro atoms. The van der Waals surface area contributed by atoms with E-state index in [9.17, 15) is 0 Å². The van der Waals surface area contributed by atoms with Crippen LogP contribution in [0.5, 0.6) is 0 Å². The average molecular weight is 158 g/mol. The van der Waals surface area contributed by atoms with Crippen molar-refractivity contribution in [3.05, 3.63) is 35.9 Å². The molecule has 1 rings (SSSR count). The second-order valence-electron chi connectivity index (χ2n) is 2.79. The van der Waals surface area contributed by atoms with Crippen LogP contribution in [-0.4, -0.2) is 14.1 Å². The van der Waals surface area contributed by atoms with E-state index in [4.69, 9.17) is 0 Å². The van der Waals surface area contributed by atoms with Crippen LogP contribution < -0.4 is 0 Å². The van der Waals surface area contributed by atoms with Gasteiger partial charge in [-0.2, -0.15) is 0 Å². The van der Waals surface area contributed by atoms with Gasteiger partial charge in [-0.1, -0.05) is 35.7 Å². The van der Waals surface area contributed by atoms with Gasteiger partial charge in [0, 0.05) is 5.56 Å². The monoisotopic (exact) mass is 158 g/mol. The minimum Gasteiger partial charge on any atom is -0.200 e. The Morgan fingerprint density at radius 2 is 1.73 bits per heavy atom. The van der Waals surface area contributed by atoms with E-state index in [1.165, 1.54) is 0 Å². The first-order chi connectivity index (χ1) is 5.29. The molecule has 0 unspecified atom stereocenters. The maximum Gasteiger partial charge on any atom is 0.370 e.